The Kier molecular flexibility index (Phi) is 4.43. The van der Waals surface area contributed by atoms with Crippen molar-refractivity contribution in [3.8, 4) is 0 Å². The summed E-state index contributed by atoms with van der Waals surface area (Å²) in [6, 6.07) is 7.98. The number of sulfone groups is 1. The van der Waals surface area contributed by atoms with E-state index in [4.69, 9.17) is 0 Å². The van der Waals surface area contributed by atoms with Gasteiger partial charge in [-0.3, -0.25) is 4.79 Å². The summed E-state index contributed by atoms with van der Waals surface area (Å²) < 4.78 is 27.1. The van der Waals surface area contributed by atoms with Crippen LogP contribution in [0.15, 0.2) is 30.3 Å². The highest BCUT2D eigenvalue weighted by atomic mass is 32.2. The number of hydrogen-bond donors (Lipinski definition) is 1. The summed E-state index contributed by atoms with van der Waals surface area (Å²) >= 11 is 0. The molecule has 0 saturated carbocycles. The molecule has 0 fully saturated rings. The zero-order valence-electron chi connectivity index (χ0n) is 9.91. The van der Waals surface area contributed by atoms with Gasteiger partial charge < -0.3 is 10.1 Å². The monoisotopic (exact) mass is 271 g/mol. The van der Waals surface area contributed by atoms with Crippen molar-refractivity contribution in [3.63, 3.8) is 0 Å². The topological polar surface area (TPSA) is 89.5 Å². The van der Waals surface area contributed by atoms with Crippen molar-refractivity contribution in [2.24, 2.45) is 0 Å². The number of hydrogen-bond acceptors (Lipinski definition) is 5. The van der Waals surface area contributed by atoms with E-state index in [1.165, 1.54) is 12.1 Å². The van der Waals surface area contributed by atoms with Crippen molar-refractivity contribution in [2.45, 2.75) is 5.37 Å². The third-order valence-electron chi connectivity index (χ3n) is 2.14. The molecule has 0 aliphatic heterocycles. The molecular formula is C11H13NO5S. The molecular weight excluding hydrogens is 258 g/mol. The molecule has 98 valence electrons. The number of esters is 1. The molecule has 1 unspecified atom stereocenters. The summed E-state index contributed by atoms with van der Waals surface area (Å²) in [5.41, 5.74) is 0.259. The van der Waals surface area contributed by atoms with Crippen molar-refractivity contribution in [1.82, 2.24) is 5.32 Å². The second-order valence-electron chi connectivity index (χ2n) is 3.57. The van der Waals surface area contributed by atoms with Crippen LogP contribution in [-0.2, 0) is 19.4 Å². The van der Waals surface area contributed by atoms with Gasteiger partial charge in [0, 0.05) is 11.8 Å². The third-order valence-corrected chi connectivity index (χ3v) is 3.31. The highest BCUT2D eigenvalue weighted by Crippen LogP contribution is 2.03. The highest BCUT2D eigenvalue weighted by molar-refractivity contribution is 7.92. The van der Waals surface area contributed by atoms with E-state index in [0.717, 1.165) is 13.4 Å². The van der Waals surface area contributed by atoms with Gasteiger partial charge in [0.1, 0.15) is 0 Å². The average molecular weight is 271 g/mol. The molecule has 0 spiro atoms. The number of methoxy groups -OCH3 is 1. The van der Waals surface area contributed by atoms with Gasteiger partial charge in [-0.2, -0.15) is 0 Å². The third kappa shape index (κ3) is 3.56. The molecule has 0 aliphatic carbocycles. The van der Waals surface area contributed by atoms with Gasteiger partial charge in [0.25, 0.3) is 5.91 Å². The number of amides is 1. The molecule has 0 saturated heterocycles. The Bertz CT molecular complexity index is 538. The Balaban J connectivity index is 2.93. The molecule has 0 heterocycles. The molecule has 0 radical (unpaired) electrons. The largest absolute Gasteiger partial charge is 0.467 e. The summed E-state index contributed by atoms with van der Waals surface area (Å²) in [6.07, 6.45) is 0.847. The van der Waals surface area contributed by atoms with Gasteiger partial charge in [0.2, 0.25) is 5.37 Å². The number of rotatable bonds is 4. The van der Waals surface area contributed by atoms with Crippen LogP contribution in [0.1, 0.15) is 10.4 Å². The second kappa shape index (κ2) is 5.63. The summed E-state index contributed by atoms with van der Waals surface area (Å²) in [7, 11) is -2.74. The molecule has 6 nitrogen and oxygen atoms in total. The Morgan fingerprint density at radius 2 is 1.78 bits per heavy atom. The maximum absolute atomic E-state index is 11.7. The molecule has 1 atom stereocenters. The maximum atomic E-state index is 11.7. The zero-order chi connectivity index (χ0) is 13.8. The first-order valence-electron chi connectivity index (χ1n) is 4.99. The molecule has 0 aliphatic rings. The minimum Gasteiger partial charge on any atom is -0.467 e. The highest BCUT2D eigenvalue weighted by Gasteiger charge is 2.31. The molecule has 1 aromatic carbocycles. The van der Waals surface area contributed by atoms with E-state index in [1.807, 2.05) is 0 Å². The normalized spacial score (nSPS) is 12.6. The number of benzene rings is 1. The lowest BCUT2D eigenvalue weighted by molar-refractivity contribution is -0.140. The van der Waals surface area contributed by atoms with E-state index in [0.29, 0.717) is 0 Å². The average Bonchev–Trinajstić information content (AvgIpc) is 2.34. The SMILES string of the molecule is COC(=O)C(NC(=O)c1ccccc1)S(C)(=O)=O. The van der Waals surface area contributed by atoms with Crippen molar-refractivity contribution in [1.29, 1.82) is 0 Å². The predicted octanol–water partition coefficient (Wildman–Crippen LogP) is -0.0399. The quantitative estimate of drug-likeness (QED) is 0.776. The number of ether oxygens (including phenoxy) is 1. The lowest BCUT2D eigenvalue weighted by Crippen LogP contribution is -2.46. The fourth-order valence-electron chi connectivity index (χ4n) is 1.24. The lowest BCUT2D eigenvalue weighted by atomic mass is 10.2. The molecule has 1 amide bonds. The standard InChI is InChI=1S/C11H13NO5S/c1-17-11(14)10(18(2,15)16)12-9(13)8-6-4-3-5-7-8/h3-7,10H,1-2H3,(H,12,13). The summed E-state index contributed by atoms with van der Waals surface area (Å²) in [6.45, 7) is 0. The van der Waals surface area contributed by atoms with Gasteiger partial charge in [-0.05, 0) is 12.1 Å². The molecule has 0 aromatic heterocycles. The first-order chi connectivity index (χ1) is 8.36. The maximum Gasteiger partial charge on any atom is 0.344 e. The molecule has 18 heavy (non-hydrogen) atoms. The van der Waals surface area contributed by atoms with Crippen molar-refractivity contribution >= 4 is 21.7 Å². The van der Waals surface area contributed by atoms with Gasteiger partial charge in [-0.1, -0.05) is 18.2 Å². The van der Waals surface area contributed by atoms with Crippen molar-refractivity contribution < 1.29 is 22.7 Å². The van der Waals surface area contributed by atoms with Crippen LogP contribution in [0.4, 0.5) is 0 Å². The van der Waals surface area contributed by atoms with Crippen LogP contribution in [0.25, 0.3) is 0 Å². The van der Waals surface area contributed by atoms with Crippen LogP contribution in [0.2, 0.25) is 0 Å². The van der Waals surface area contributed by atoms with Crippen molar-refractivity contribution in [2.75, 3.05) is 13.4 Å². The first kappa shape index (κ1) is 14.2. The van der Waals surface area contributed by atoms with Crippen molar-refractivity contribution in [3.05, 3.63) is 35.9 Å². The number of carbonyl (C=O) groups excluding carboxylic acids is 2. The Morgan fingerprint density at radius 1 is 1.22 bits per heavy atom. The Morgan fingerprint density at radius 3 is 2.22 bits per heavy atom. The van der Waals surface area contributed by atoms with Crippen LogP contribution in [0.3, 0.4) is 0 Å². The number of nitrogens with one attached hydrogen (secondary N) is 1. The first-order valence-corrected chi connectivity index (χ1v) is 6.94. The van der Waals surface area contributed by atoms with Gasteiger partial charge >= 0.3 is 5.97 Å². The van der Waals surface area contributed by atoms with E-state index in [2.05, 4.69) is 10.1 Å². The van der Waals surface area contributed by atoms with E-state index < -0.39 is 27.1 Å². The molecule has 1 rings (SSSR count). The summed E-state index contributed by atoms with van der Waals surface area (Å²) in [5.74, 6) is -1.68. The molecule has 1 N–H and O–H groups in total. The molecule has 7 heteroatoms. The Hall–Kier alpha value is -1.89. The minimum absolute atomic E-state index is 0.259. The van der Waals surface area contributed by atoms with E-state index in [1.54, 1.807) is 18.2 Å². The van der Waals surface area contributed by atoms with Gasteiger partial charge in [0.05, 0.1) is 7.11 Å². The smallest absolute Gasteiger partial charge is 0.344 e. The lowest BCUT2D eigenvalue weighted by Gasteiger charge is -2.14. The Labute approximate surface area is 105 Å². The summed E-state index contributed by atoms with van der Waals surface area (Å²) in [4.78, 5) is 23.0. The van der Waals surface area contributed by atoms with E-state index in [9.17, 15) is 18.0 Å². The van der Waals surface area contributed by atoms with Gasteiger partial charge in [0.15, 0.2) is 9.84 Å². The van der Waals surface area contributed by atoms with Crippen LogP contribution in [0.5, 0.6) is 0 Å². The van der Waals surface area contributed by atoms with E-state index in [-0.39, 0.29) is 5.56 Å². The fraction of sp³-hybridized carbons (Fsp3) is 0.273. The van der Waals surface area contributed by atoms with E-state index >= 15 is 0 Å². The summed E-state index contributed by atoms with van der Waals surface area (Å²) in [5, 5.41) is 0.424. The van der Waals surface area contributed by atoms with Crippen LogP contribution < -0.4 is 5.32 Å². The number of carbonyl (C=O) groups is 2. The van der Waals surface area contributed by atoms with Crippen LogP contribution in [-0.4, -0.2) is 39.0 Å². The van der Waals surface area contributed by atoms with Gasteiger partial charge in [-0.15, -0.1) is 0 Å². The molecule has 1 aromatic rings. The predicted molar refractivity (Wildman–Crippen MR) is 64.6 cm³/mol. The van der Waals surface area contributed by atoms with Crippen LogP contribution >= 0.6 is 0 Å². The molecule has 0 bridgehead atoms. The van der Waals surface area contributed by atoms with Gasteiger partial charge in [-0.25, -0.2) is 13.2 Å². The van der Waals surface area contributed by atoms with Crippen LogP contribution in [0, 0.1) is 0 Å². The zero-order valence-corrected chi connectivity index (χ0v) is 10.7. The minimum atomic E-state index is -3.79. The second-order valence-corrected chi connectivity index (χ2v) is 5.70. The fourth-order valence-corrected chi connectivity index (χ4v) is 2.01.